The summed E-state index contributed by atoms with van der Waals surface area (Å²) < 4.78 is 2.15. The topological polar surface area (TPSA) is 57.8 Å². The van der Waals surface area contributed by atoms with Gasteiger partial charge in [0.15, 0.2) is 0 Å². The summed E-state index contributed by atoms with van der Waals surface area (Å²) in [4.78, 5) is 13.0. The van der Waals surface area contributed by atoms with Gasteiger partial charge < -0.3 is 9.88 Å². The monoisotopic (exact) mass is 431 g/mol. The standard InChI is InChI=1S/C29H25N3O/c1-3-22-12-10-11-17-27(22)31-29(33)25(20-30)19-24-18-21(2)32(26-15-8-5-9-16-26)28(24)23-13-6-4-7-14-23/h4-19H,3H2,1-2H3,(H,31,33)/b25-19-. The minimum absolute atomic E-state index is 0.0586. The van der Waals surface area contributed by atoms with Crippen molar-refractivity contribution in [2.75, 3.05) is 5.32 Å². The Morgan fingerprint density at radius 1 is 0.970 bits per heavy atom. The zero-order valence-corrected chi connectivity index (χ0v) is 18.7. The second-order valence-corrected chi connectivity index (χ2v) is 7.76. The van der Waals surface area contributed by atoms with Gasteiger partial charge in [-0.25, -0.2) is 0 Å². The first-order valence-electron chi connectivity index (χ1n) is 11.0. The molecule has 1 amide bonds. The minimum atomic E-state index is -0.414. The Kier molecular flexibility index (Phi) is 6.52. The SMILES string of the molecule is CCc1ccccc1NC(=O)/C(C#N)=C\c1cc(C)n(-c2ccccc2)c1-c1ccccc1. The summed E-state index contributed by atoms with van der Waals surface area (Å²) in [6, 6.07) is 31.9. The normalized spacial score (nSPS) is 11.1. The van der Waals surface area contributed by atoms with E-state index in [9.17, 15) is 10.1 Å². The van der Waals surface area contributed by atoms with E-state index in [4.69, 9.17) is 0 Å². The maximum absolute atomic E-state index is 13.0. The van der Waals surface area contributed by atoms with Gasteiger partial charge in [0.1, 0.15) is 11.6 Å². The van der Waals surface area contributed by atoms with Gasteiger partial charge in [0, 0.05) is 22.6 Å². The maximum atomic E-state index is 13.0. The number of para-hydroxylation sites is 2. The first-order chi connectivity index (χ1) is 16.1. The first kappa shape index (κ1) is 21.9. The summed E-state index contributed by atoms with van der Waals surface area (Å²) in [5.74, 6) is -0.414. The van der Waals surface area contributed by atoms with Crippen molar-refractivity contribution in [2.45, 2.75) is 20.3 Å². The number of nitrogens with zero attached hydrogens (tertiary/aromatic N) is 2. The molecular weight excluding hydrogens is 406 g/mol. The second kappa shape index (κ2) is 9.84. The van der Waals surface area contributed by atoms with Gasteiger partial charge in [-0.15, -0.1) is 0 Å². The Bertz CT molecular complexity index is 1340. The predicted octanol–water partition coefficient (Wildman–Crippen LogP) is 6.56. The zero-order chi connectivity index (χ0) is 23.2. The first-order valence-corrected chi connectivity index (χ1v) is 11.0. The van der Waals surface area contributed by atoms with Gasteiger partial charge in [-0.3, -0.25) is 4.79 Å². The Hall–Kier alpha value is -4.36. The highest BCUT2D eigenvalue weighted by Gasteiger charge is 2.18. The van der Waals surface area contributed by atoms with Crippen LogP contribution in [0.4, 0.5) is 5.69 Å². The highest BCUT2D eigenvalue weighted by Crippen LogP contribution is 2.32. The van der Waals surface area contributed by atoms with Crippen LogP contribution in [0.25, 0.3) is 23.0 Å². The third-order valence-electron chi connectivity index (χ3n) is 5.59. The predicted molar refractivity (Wildman–Crippen MR) is 134 cm³/mol. The Labute approximate surface area is 194 Å². The number of hydrogen-bond donors (Lipinski definition) is 1. The molecule has 0 spiro atoms. The van der Waals surface area contributed by atoms with Gasteiger partial charge in [0.2, 0.25) is 0 Å². The molecule has 33 heavy (non-hydrogen) atoms. The van der Waals surface area contributed by atoms with Crippen molar-refractivity contribution in [3.63, 3.8) is 0 Å². The van der Waals surface area contributed by atoms with Gasteiger partial charge in [0.05, 0.1) is 5.69 Å². The Morgan fingerprint density at radius 3 is 2.27 bits per heavy atom. The lowest BCUT2D eigenvalue weighted by atomic mass is 10.0. The van der Waals surface area contributed by atoms with E-state index in [-0.39, 0.29) is 5.57 Å². The summed E-state index contributed by atoms with van der Waals surface area (Å²) in [5.41, 5.74) is 6.62. The van der Waals surface area contributed by atoms with Crippen molar-refractivity contribution in [3.8, 4) is 23.0 Å². The van der Waals surface area contributed by atoms with Gasteiger partial charge in [0.25, 0.3) is 5.91 Å². The fourth-order valence-electron chi connectivity index (χ4n) is 4.02. The average Bonchev–Trinajstić information content (AvgIpc) is 3.19. The highest BCUT2D eigenvalue weighted by atomic mass is 16.1. The molecule has 1 aromatic heterocycles. The van der Waals surface area contributed by atoms with E-state index in [2.05, 4.69) is 16.0 Å². The molecule has 3 aromatic carbocycles. The molecular formula is C29H25N3O. The van der Waals surface area contributed by atoms with E-state index >= 15 is 0 Å². The zero-order valence-electron chi connectivity index (χ0n) is 18.7. The van der Waals surface area contributed by atoms with Crippen molar-refractivity contribution >= 4 is 17.7 Å². The van der Waals surface area contributed by atoms with Crippen LogP contribution in [0, 0.1) is 18.3 Å². The average molecular weight is 432 g/mol. The van der Waals surface area contributed by atoms with Gasteiger partial charge in [-0.05, 0) is 54.8 Å². The van der Waals surface area contributed by atoms with E-state index < -0.39 is 5.91 Å². The molecule has 0 aliphatic carbocycles. The van der Waals surface area contributed by atoms with Crippen LogP contribution in [0.1, 0.15) is 23.7 Å². The summed E-state index contributed by atoms with van der Waals surface area (Å²) in [6.45, 7) is 4.06. The van der Waals surface area contributed by atoms with Crippen LogP contribution in [0.5, 0.6) is 0 Å². The number of benzene rings is 3. The van der Waals surface area contributed by atoms with Gasteiger partial charge >= 0.3 is 0 Å². The largest absolute Gasteiger partial charge is 0.321 e. The molecule has 0 aliphatic heterocycles. The number of rotatable bonds is 6. The molecule has 4 rings (SSSR count). The molecule has 0 radical (unpaired) electrons. The van der Waals surface area contributed by atoms with E-state index in [1.54, 1.807) is 6.08 Å². The molecule has 4 nitrogen and oxygen atoms in total. The fraction of sp³-hybridized carbons (Fsp3) is 0.103. The van der Waals surface area contributed by atoms with Crippen LogP contribution >= 0.6 is 0 Å². The van der Waals surface area contributed by atoms with Crippen molar-refractivity contribution in [1.29, 1.82) is 5.26 Å². The number of aryl methyl sites for hydroxylation is 2. The van der Waals surface area contributed by atoms with E-state index in [1.807, 2.05) is 105 Å². The van der Waals surface area contributed by atoms with E-state index in [1.165, 1.54) is 0 Å². The maximum Gasteiger partial charge on any atom is 0.266 e. The van der Waals surface area contributed by atoms with Gasteiger partial charge in [-0.2, -0.15) is 5.26 Å². The molecule has 162 valence electrons. The number of nitrogens with one attached hydrogen (secondary N) is 1. The number of nitriles is 1. The molecule has 4 aromatic rings. The molecule has 0 bridgehead atoms. The van der Waals surface area contributed by atoms with Gasteiger partial charge in [-0.1, -0.05) is 73.7 Å². The van der Waals surface area contributed by atoms with E-state index in [0.717, 1.165) is 45.9 Å². The lowest BCUT2D eigenvalue weighted by Crippen LogP contribution is -2.14. The summed E-state index contributed by atoms with van der Waals surface area (Å²) in [5, 5.41) is 12.7. The summed E-state index contributed by atoms with van der Waals surface area (Å²) >= 11 is 0. The van der Waals surface area contributed by atoms with Crippen LogP contribution in [0.15, 0.2) is 96.6 Å². The van der Waals surface area contributed by atoms with Crippen molar-refractivity contribution in [1.82, 2.24) is 4.57 Å². The summed E-state index contributed by atoms with van der Waals surface area (Å²) in [6.07, 6.45) is 2.47. The van der Waals surface area contributed by atoms with Crippen LogP contribution < -0.4 is 5.32 Å². The third kappa shape index (κ3) is 4.63. The quantitative estimate of drug-likeness (QED) is 0.278. The number of aromatic nitrogens is 1. The van der Waals surface area contributed by atoms with Crippen LogP contribution in [0.2, 0.25) is 0 Å². The van der Waals surface area contributed by atoms with Crippen LogP contribution in [0.3, 0.4) is 0 Å². The molecule has 1 heterocycles. The van der Waals surface area contributed by atoms with Crippen molar-refractivity contribution in [2.24, 2.45) is 0 Å². The molecule has 1 N–H and O–H groups in total. The lowest BCUT2D eigenvalue weighted by molar-refractivity contribution is -0.112. The van der Waals surface area contributed by atoms with Crippen molar-refractivity contribution in [3.05, 3.63) is 113 Å². The van der Waals surface area contributed by atoms with Crippen molar-refractivity contribution < 1.29 is 4.79 Å². The molecule has 0 fully saturated rings. The fourth-order valence-corrected chi connectivity index (χ4v) is 4.02. The Morgan fingerprint density at radius 2 is 1.61 bits per heavy atom. The Balaban J connectivity index is 1.81. The van der Waals surface area contributed by atoms with Crippen LogP contribution in [-0.4, -0.2) is 10.5 Å². The molecule has 4 heteroatoms. The molecule has 0 saturated carbocycles. The van der Waals surface area contributed by atoms with Crippen LogP contribution in [-0.2, 0) is 11.2 Å². The number of anilines is 1. The number of amides is 1. The molecule has 0 unspecified atom stereocenters. The highest BCUT2D eigenvalue weighted by molar-refractivity contribution is 6.10. The molecule has 0 saturated heterocycles. The number of carbonyl (C=O) groups is 1. The second-order valence-electron chi connectivity index (χ2n) is 7.76. The number of hydrogen-bond acceptors (Lipinski definition) is 2. The van der Waals surface area contributed by atoms with E-state index in [0.29, 0.717) is 0 Å². The molecule has 0 aliphatic rings. The third-order valence-corrected chi connectivity index (χ3v) is 5.59. The minimum Gasteiger partial charge on any atom is -0.321 e. The summed E-state index contributed by atoms with van der Waals surface area (Å²) in [7, 11) is 0. The molecule has 0 atom stereocenters. The lowest BCUT2D eigenvalue weighted by Gasteiger charge is -2.13. The smallest absolute Gasteiger partial charge is 0.266 e. The number of carbonyl (C=O) groups excluding carboxylic acids is 1.